The number of nitrogen functional groups attached to an aromatic ring is 1. The number of amides is 1. The number of rotatable bonds is 9. The zero-order chi connectivity index (χ0) is 26.3. The summed E-state index contributed by atoms with van der Waals surface area (Å²) in [7, 11) is 1.42. The highest BCUT2D eigenvalue weighted by molar-refractivity contribution is 5.82. The third-order valence-corrected chi connectivity index (χ3v) is 6.51. The molecule has 2 atom stereocenters. The zero-order valence-electron chi connectivity index (χ0n) is 20.9. The number of nitrogens with zero attached hydrogens (tertiary/aromatic N) is 4. The molecule has 1 amide bonds. The Bertz CT molecular complexity index is 1130. The van der Waals surface area contributed by atoms with Crippen LogP contribution in [-0.4, -0.2) is 74.1 Å². The summed E-state index contributed by atoms with van der Waals surface area (Å²) in [5.74, 6) is 6.15. The number of aliphatic hydroxyl groups is 2. The van der Waals surface area contributed by atoms with Gasteiger partial charge in [0.2, 0.25) is 5.82 Å². The first-order chi connectivity index (χ1) is 17.2. The molecule has 2 aromatic heterocycles. The SMILES string of the molecule is CCNC(=O)[C@@H](OCn1cnc2c(N)nc(C#CCC3CCC(C)(C(=O)OC)CC3)nc21)C(O)CO. The molecule has 1 saturated carbocycles. The van der Waals surface area contributed by atoms with Crippen molar-refractivity contribution in [1.82, 2.24) is 24.8 Å². The summed E-state index contributed by atoms with van der Waals surface area (Å²) in [6.07, 6.45) is 2.73. The van der Waals surface area contributed by atoms with Gasteiger partial charge in [-0.05, 0) is 51.4 Å². The smallest absolute Gasteiger partial charge is 0.311 e. The van der Waals surface area contributed by atoms with Crippen LogP contribution in [-0.2, 0) is 25.8 Å². The van der Waals surface area contributed by atoms with E-state index in [4.69, 9.17) is 15.2 Å². The monoisotopic (exact) mass is 502 g/mol. The molecule has 0 radical (unpaired) electrons. The maximum absolute atomic E-state index is 12.2. The van der Waals surface area contributed by atoms with E-state index < -0.39 is 30.1 Å². The Labute approximate surface area is 209 Å². The zero-order valence-corrected chi connectivity index (χ0v) is 20.9. The van der Waals surface area contributed by atoms with Gasteiger partial charge in [-0.25, -0.2) is 15.0 Å². The van der Waals surface area contributed by atoms with Crippen LogP contribution < -0.4 is 11.1 Å². The van der Waals surface area contributed by atoms with Gasteiger partial charge < -0.3 is 30.7 Å². The molecule has 196 valence electrons. The van der Waals surface area contributed by atoms with E-state index in [-0.39, 0.29) is 24.3 Å². The fourth-order valence-electron chi connectivity index (χ4n) is 4.25. The highest BCUT2D eigenvalue weighted by Crippen LogP contribution is 2.40. The van der Waals surface area contributed by atoms with Crippen LogP contribution >= 0.6 is 0 Å². The first kappa shape index (κ1) is 27.3. The highest BCUT2D eigenvalue weighted by atomic mass is 16.5. The number of nitrogens with one attached hydrogen (secondary N) is 1. The Morgan fingerprint density at radius 3 is 2.72 bits per heavy atom. The van der Waals surface area contributed by atoms with Crippen LogP contribution in [0.2, 0.25) is 0 Å². The fraction of sp³-hybridized carbons (Fsp3) is 0.625. The molecule has 1 aliphatic carbocycles. The predicted molar refractivity (Wildman–Crippen MR) is 130 cm³/mol. The fourth-order valence-corrected chi connectivity index (χ4v) is 4.25. The molecule has 1 fully saturated rings. The van der Waals surface area contributed by atoms with Crippen molar-refractivity contribution in [3.8, 4) is 11.8 Å². The Kier molecular flexibility index (Phi) is 9.19. The van der Waals surface area contributed by atoms with Gasteiger partial charge in [-0.3, -0.25) is 14.2 Å². The first-order valence-electron chi connectivity index (χ1n) is 12.0. The van der Waals surface area contributed by atoms with Crippen molar-refractivity contribution < 1.29 is 29.3 Å². The maximum atomic E-state index is 12.2. The standard InChI is InChI=1S/C24H34N6O6/c1-4-26-22(33)19(16(32)12-31)36-14-30-13-27-18-20(25)28-17(29-21(18)30)7-5-6-15-8-10-24(2,11-9-15)23(34)35-3/h13,15-16,19,31-32H,4,6,8-12,14H2,1-3H3,(H,26,33)(H2,25,28,29)/t15?,16?,19-,24?/m0/s1. The first-order valence-corrected chi connectivity index (χ1v) is 12.0. The van der Waals surface area contributed by atoms with E-state index >= 15 is 0 Å². The topological polar surface area (TPSA) is 175 Å². The van der Waals surface area contributed by atoms with Crippen molar-refractivity contribution in [2.24, 2.45) is 11.3 Å². The number of carbonyl (C=O) groups is 2. The number of hydrogen-bond donors (Lipinski definition) is 4. The van der Waals surface area contributed by atoms with Crippen molar-refractivity contribution in [3.63, 3.8) is 0 Å². The Morgan fingerprint density at radius 1 is 1.36 bits per heavy atom. The molecular weight excluding hydrogens is 468 g/mol. The highest BCUT2D eigenvalue weighted by Gasteiger charge is 2.38. The minimum absolute atomic E-state index is 0.158. The molecule has 0 spiro atoms. The predicted octanol–water partition coefficient (Wildman–Crippen LogP) is 0.352. The second-order valence-corrected chi connectivity index (χ2v) is 9.18. The lowest BCUT2D eigenvalue weighted by Crippen LogP contribution is -2.45. The third-order valence-electron chi connectivity index (χ3n) is 6.51. The summed E-state index contributed by atoms with van der Waals surface area (Å²) in [5, 5.41) is 21.8. The molecule has 3 rings (SSSR count). The van der Waals surface area contributed by atoms with Crippen molar-refractivity contribution in [3.05, 3.63) is 12.2 Å². The number of likely N-dealkylation sites (N-methyl/N-ethyl adjacent to an activating group) is 1. The Hall–Kier alpha value is -3.27. The molecule has 0 aliphatic heterocycles. The number of methoxy groups -OCH3 is 1. The van der Waals surface area contributed by atoms with Gasteiger partial charge in [0.1, 0.15) is 18.4 Å². The number of anilines is 1. The molecule has 0 aromatic carbocycles. The Morgan fingerprint density at radius 2 is 2.08 bits per heavy atom. The quantitative estimate of drug-likeness (QED) is 0.277. The lowest BCUT2D eigenvalue weighted by atomic mass is 9.71. The molecule has 0 bridgehead atoms. The van der Waals surface area contributed by atoms with Gasteiger partial charge in [-0.2, -0.15) is 0 Å². The second kappa shape index (κ2) is 12.1. The number of imidazole rings is 1. The number of fused-ring (bicyclic) bond motifs is 1. The molecule has 12 nitrogen and oxygen atoms in total. The van der Waals surface area contributed by atoms with Crippen molar-refractivity contribution in [2.75, 3.05) is 26.0 Å². The number of ether oxygens (including phenoxy) is 2. The van der Waals surface area contributed by atoms with Crippen molar-refractivity contribution in [2.45, 2.75) is 64.9 Å². The Balaban J connectivity index is 1.69. The minimum atomic E-state index is -1.39. The van der Waals surface area contributed by atoms with E-state index in [1.807, 2.05) is 6.92 Å². The number of aliphatic hydroxyl groups excluding tert-OH is 2. The summed E-state index contributed by atoms with van der Waals surface area (Å²) in [6.45, 7) is 3.23. The summed E-state index contributed by atoms with van der Waals surface area (Å²) >= 11 is 0. The number of nitrogens with two attached hydrogens (primary N) is 1. The molecule has 36 heavy (non-hydrogen) atoms. The van der Waals surface area contributed by atoms with Crippen LogP contribution in [0.1, 0.15) is 51.8 Å². The van der Waals surface area contributed by atoms with Gasteiger partial charge in [-0.15, -0.1) is 0 Å². The molecule has 2 aromatic rings. The average molecular weight is 503 g/mol. The maximum Gasteiger partial charge on any atom is 0.311 e. The van der Waals surface area contributed by atoms with Gasteiger partial charge in [0.05, 0.1) is 25.5 Å². The van der Waals surface area contributed by atoms with Crippen LogP contribution in [0, 0.1) is 23.2 Å². The molecule has 0 saturated heterocycles. The molecule has 5 N–H and O–H groups in total. The van der Waals surface area contributed by atoms with Crippen LogP contribution in [0.25, 0.3) is 11.2 Å². The third kappa shape index (κ3) is 6.29. The summed E-state index contributed by atoms with van der Waals surface area (Å²) in [4.78, 5) is 37.1. The largest absolute Gasteiger partial charge is 0.469 e. The van der Waals surface area contributed by atoms with E-state index in [9.17, 15) is 19.8 Å². The summed E-state index contributed by atoms with van der Waals surface area (Å²) in [5.41, 5.74) is 6.35. The van der Waals surface area contributed by atoms with Gasteiger partial charge in [-0.1, -0.05) is 5.92 Å². The normalized spacial score (nSPS) is 21.3. The molecule has 1 unspecified atom stereocenters. The van der Waals surface area contributed by atoms with E-state index in [0.717, 1.165) is 25.7 Å². The average Bonchev–Trinajstić information content (AvgIpc) is 3.28. The van der Waals surface area contributed by atoms with Gasteiger partial charge in [0.25, 0.3) is 5.91 Å². The van der Waals surface area contributed by atoms with E-state index in [1.165, 1.54) is 18.0 Å². The van der Waals surface area contributed by atoms with Gasteiger partial charge in [0, 0.05) is 13.0 Å². The lowest BCUT2D eigenvalue weighted by molar-refractivity contribution is -0.154. The van der Waals surface area contributed by atoms with Crippen molar-refractivity contribution >= 4 is 28.9 Å². The molecule has 2 heterocycles. The number of hydrogen-bond acceptors (Lipinski definition) is 10. The van der Waals surface area contributed by atoms with E-state index in [0.29, 0.717) is 30.0 Å². The van der Waals surface area contributed by atoms with Crippen LogP contribution in [0.3, 0.4) is 0 Å². The van der Waals surface area contributed by atoms with Crippen LogP contribution in [0.4, 0.5) is 5.82 Å². The molecular formula is C24H34N6O6. The van der Waals surface area contributed by atoms with Crippen molar-refractivity contribution in [1.29, 1.82) is 0 Å². The second-order valence-electron chi connectivity index (χ2n) is 9.18. The lowest BCUT2D eigenvalue weighted by Gasteiger charge is -2.34. The summed E-state index contributed by atoms with van der Waals surface area (Å²) < 4.78 is 12.0. The van der Waals surface area contributed by atoms with E-state index in [1.54, 1.807) is 6.92 Å². The summed E-state index contributed by atoms with van der Waals surface area (Å²) in [6, 6.07) is 0. The van der Waals surface area contributed by atoms with Crippen LogP contribution in [0.15, 0.2) is 6.33 Å². The number of aromatic nitrogens is 4. The van der Waals surface area contributed by atoms with Gasteiger partial charge in [0.15, 0.2) is 17.6 Å². The minimum Gasteiger partial charge on any atom is -0.469 e. The number of carbonyl (C=O) groups excluding carboxylic acids is 2. The van der Waals surface area contributed by atoms with Gasteiger partial charge >= 0.3 is 5.97 Å². The number of esters is 1. The molecule has 12 heteroatoms. The molecule has 1 aliphatic rings. The van der Waals surface area contributed by atoms with Crippen LogP contribution in [0.5, 0.6) is 0 Å². The van der Waals surface area contributed by atoms with E-state index in [2.05, 4.69) is 32.1 Å².